The summed E-state index contributed by atoms with van der Waals surface area (Å²) in [6, 6.07) is 5.89. The molecule has 0 aliphatic carbocycles. The smallest absolute Gasteiger partial charge is 0.191 e. The molecule has 26 heavy (non-hydrogen) atoms. The summed E-state index contributed by atoms with van der Waals surface area (Å²) in [7, 11) is 0. The fourth-order valence-corrected chi connectivity index (χ4v) is 3.17. The minimum absolute atomic E-state index is 0.468. The first-order chi connectivity index (χ1) is 12.7. The maximum absolute atomic E-state index is 4.64. The Labute approximate surface area is 160 Å². The zero-order chi connectivity index (χ0) is 18.6. The van der Waals surface area contributed by atoms with Crippen LogP contribution in [0.1, 0.15) is 50.2 Å². The zero-order valence-corrected chi connectivity index (χ0v) is 16.8. The van der Waals surface area contributed by atoms with Crippen LogP contribution in [0.4, 0.5) is 5.82 Å². The quantitative estimate of drug-likeness (QED) is 0.336. The van der Waals surface area contributed by atoms with E-state index in [-0.39, 0.29) is 0 Å². The maximum atomic E-state index is 4.64. The molecule has 2 aromatic heterocycles. The highest BCUT2D eigenvalue weighted by atomic mass is 32.1. The van der Waals surface area contributed by atoms with Crippen LogP contribution in [-0.4, -0.2) is 35.6 Å². The fraction of sp³-hybridized carbons (Fsp3) is 0.526. The lowest BCUT2D eigenvalue weighted by molar-refractivity contribution is 0.712. The minimum atomic E-state index is 0.468. The summed E-state index contributed by atoms with van der Waals surface area (Å²) >= 11 is 1.68. The number of hydrogen-bond acceptors (Lipinski definition) is 5. The van der Waals surface area contributed by atoms with Gasteiger partial charge in [-0.15, -0.1) is 11.3 Å². The summed E-state index contributed by atoms with van der Waals surface area (Å²) in [4.78, 5) is 13.5. The molecule has 0 saturated carbocycles. The normalized spacial score (nSPS) is 11.6. The van der Waals surface area contributed by atoms with Gasteiger partial charge in [0.25, 0.3) is 0 Å². The van der Waals surface area contributed by atoms with Crippen LogP contribution in [0.25, 0.3) is 0 Å². The van der Waals surface area contributed by atoms with E-state index in [4.69, 9.17) is 0 Å². The number of guanidine groups is 1. The van der Waals surface area contributed by atoms with Crippen molar-refractivity contribution in [1.82, 2.24) is 20.6 Å². The second-order valence-electron chi connectivity index (χ2n) is 6.29. The van der Waals surface area contributed by atoms with Crippen molar-refractivity contribution in [2.45, 2.75) is 46.1 Å². The van der Waals surface area contributed by atoms with Crippen molar-refractivity contribution in [2.75, 3.05) is 25.0 Å². The molecule has 142 valence electrons. The summed E-state index contributed by atoms with van der Waals surface area (Å²) < 4.78 is 0. The monoisotopic (exact) mass is 374 g/mol. The van der Waals surface area contributed by atoms with Gasteiger partial charge in [0.05, 0.1) is 12.2 Å². The molecular weight excluding hydrogens is 344 g/mol. The van der Waals surface area contributed by atoms with Gasteiger partial charge in [-0.25, -0.2) is 15.0 Å². The number of nitrogens with one attached hydrogen (secondary N) is 3. The largest absolute Gasteiger partial charge is 0.370 e. The van der Waals surface area contributed by atoms with Crippen LogP contribution >= 0.6 is 11.3 Å². The molecule has 0 unspecified atom stereocenters. The van der Waals surface area contributed by atoms with E-state index in [9.17, 15) is 0 Å². The molecule has 2 rings (SSSR count). The van der Waals surface area contributed by atoms with Gasteiger partial charge in [-0.2, -0.15) is 0 Å². The van der Waals surface area contributed by atoms with Gasteiger partial charge in [-0.05, 0) is 37.8 Å². The molecule has 0 radical (unpaired) electrons. The van der Waals surface area contributed by atoms with Gasteiger partial charge in [0, 0.05) is 31.2 Å². The second-order valence-corrected chi connectivity index (χ2v) is 7.23. The van der Waals surface area contributed by atoms with Crippen molar-refractivity contribution in [3.8, 4) is 0 Å². The number of thiazole rings is 1. The number of aliphatic imine (C=N–C) groups is 1. The van der Waals surface area contributed by atoms with E-state index in [1.165, 1.54) is 0 Å². The first-order valence-electron chi connectivity index (χ1n) is 9.30. The van der Waals surface area contributed by atoms with Crippen LogP contribution in [0.2, 0.25) is 0 Å². The lowest BCUT2D eigenvalue weighted by Crippen LogP contribution is -2.37. The average molecular weight is 375 g/mol. The molecule has 0 fully saturated rings. The molecule has 0 aromatic carbocycles. The van der Waals surface area contributed by atoms with E-state index in [1.54, 1.807) is 17.5 Å². The van der Waals surface area contributed by atoms with Crippen LogP contribution in [0, 0.1) is 0 Å². The van der Waals surface area contributed by atoms with Crippen LogP contribution in [0.15, 0.2) is 34.8 Å². The van der Waals surface area contributed by atoms with Gasteiger partial charge >= 0.3 is 0 Å². The number of hydrogen-bond donors (Lipinski definition) is 3. The summed E-state index contributed by atoms with van der Waals surface area (Å²) in [6.07, 6.45) is 3.95. The van der Waals surface area contributed by atoms with Crippen molar-refractivity contribution in [2.24, 2.45) is 4.99 Å². The van der Waals surface area contributed by atoms with E-state index < -0.39 is 0 Å². The Bertz CT molecular complexity index is 653. The Morgan fingerprint density at radius 2 is 2.04 bits per heavy atom. The topological polar surface area (TPSA) is 74.2 Å². The molecule has 0 bridgehead atoms. The Morgan fingerprint density at radius 1 is 1.19 bits per heavy atom. The van der Waals surface area contributed by atoms with E-state index in [1.807, 2.05) is 18.2 Å². The predicted octanol–water partition coefficient (Wildman–Crippen LogP) is 3.61. The molecule has 7 heteroatoms. The number of anilines is 1. The molecule has 0 saturated heterocycles. The zero-order valence-electron chi connectivity index (χ0n) is 16.0. The predicted molar refractivity (Wildman–Crippen MR) is 111 cm³/mol. The number of aromatic nitrogens is 2. The third-order valence-electron chi connectivity index (χ3n) is 3.74. The van der Waals surface area contributed by atoms with Crippen LogP contribution < -0.4 is 16.0 Å². The summed E-state index contributed by atoms with van der Waals surface area (Å²) in [5.74, 6) is 2.25. The van der Waals surface area contributed by atoms with Gasteiger partial charge in [-0.3, -0.25) is 0 Å². The Balaban J connectivity index is 1.68. The van der Waals surface area contributed by atoms with Crippen LogP contribution in [-0.2, 0) is 6.54 Å². The first-order valence-corrected chi connectivity index (χ1v) is 10.2. The average Bonchev–Trinajstić information content (AvgIpc) is 3.12. The highest BCUT2D eigenvalue weighted by molar-refractivity contribution is 7.09. The van der Waals surface area contributed by atoms with Crippen molar-refractivity contribution < 1.29 is 0 Å². The SMILES string of the molecule is CCNC(=NCc1nc(C(C)C)cs1)NCCCCNc1ccccn1. The van der Waals surface area contributed by atoms with Gasteiger partial charge in [0.15, 0.2) is 5.96 Å². The molecule has 2 heterocycles. The number of unbranched alkanes of at least 4 members (excludes halogenated alkanes) is 1. The maximum Gasteiger partial charge on any atom is 0.191 e. The van der Waals surface area contributed by atoms with E-state index in [2.05, 4.69) is 57.1 Å². The molecule has 3 N–H and O–H groups in total. The molecular formula is C19H30N6S. The van der Waals surface area contributed by atoms with Crippen molar-refractivity contribution in [3.05, 3.63) is 40.5 Å². The number of nitrogens with zero attached hydrogens (tertiary/aromatic N) is 3. The minimum Gasteiger partial charge on any atom is -0.370 e. The first kappa shape index (κ1) is 20.2. The summed E-state index contributed by atoms with van der Waals surface area (Å²) in [5, 5.41) is 13.2. The van der Waals surface area contributed by atoms with Gasteiger partial charge in [-0.1, -0.05) is 19.9 Å². The van der Waals surface area contributed by atoms with E-state index in [0.717, 1.165) is 55.0 Å². The molecule has 0 atom stereocenters. The Morgan fingerprint density at radius 3 is 2.73 bits per heavy atom. The lowest BCUT2D eigenvalue weighted by Gasteiger charge is -2.11. The van der Waals surface area contributed by atoms with Crippen molar-refractivity contribution in [1.29, 1.82) is 0 Å². The molecule has 6 nitrogen and oxygen atoms in total. The third kappa shape index (κ3) is 7.39. The molecule has 0 aliphatic rings. The highest BCUT2D eigenvalue weighted by Crippen LogP contribution is 2.18. The lowest BCUT2D eigenvalue weighted by atomic mass is 10.2. The summed E-state index contributed by atoms with van der Waals surface area (Å²) in [6.45, 7) is 9.69. The number of pyridine rings is 1. The van der Waals surface area contributed by atoms with E-state index in [0.29, 0.717) is 12.5 Å². The molecule has 0 aliphatic heterocycles. The molecule has 2 aromatic rings. The Kier molecular flexibility index (Phi) is 8.89. The molecule has 0 amide bonds. The van der Waals surface area contributed by atoms with Crippen LogP contribution in [0.5, 0.6) is 0 Å². The van der Waals surface area contributed by atoms with Crippen molar-refractivity contribution in [3.63, 3.8) is 0 Å². The third-order valence-corrected chi connectivity index (χ3v) is 4.60. The standard InChI is InChI=1S/C19H30N6S/c1-4-20-19(24-13-18-25-16(14-26-18)15(2)3)23-12-8-7-11-22-17-9-5-6-10-21-17/h5-6,9-10,14-15H,4,7-8,11-13H2,1-3H3,(H,21,22)(H2,20,23,24). The summed E-state index contributed by atoms with van der Waals surface area (Å²) in [5.41, 5.74) is 1.15. The number of rotatable bonds is 10. The van der Waals surface area contributed by atoms with Crippen molar-refractivity contribution >= 4 is 23.1 Å². The van der Waals surface area contributed by atoms with E-state index >= 15 is 0 Å². The fourth-order valence-electron chi connectivity index (χ4n) is 2.29. The Hall–Kier alpha value is -2.15. The van der Waals surface area contributed by atoms with Gasteiger partial charge < -0.3 is 16.0 Å². The van der Waals surface area contributed by atoms with Gasteiger partial charge in [0.2, 0.25) is 0 Å². The van der Waals surface area contributed by atoms with Crippen LogP contribution in [0.3, 0.4) is 0 Å². The van der Waals surface area contributed by atoms with Gasteiger partial charge in [0.1, 0.15) is 10.8 Å². The highest BCUT2D eigenvalue weighted by Gasteiger charge is 2.05. The molecule has 0 spiro atoms. The second kappa shape index (κ2) is 11.5.